The zero-order valence-electron chi connectivity index (χ0n) is 20.3. The van der Waals surface area contributed by atoms with E-state index in [0.717, 1.165) is 53.9 Å². The molecule has 0 radical (unpaired) electrons. The molecule has 3 aromatic rings. The number of carbonyl (C=O) groups is 1. The molecule has 6 nitrogen and oxygen atoms in total. The molecule has 1 unspecified atom stereocenters. The van der Waals surface area contributed by atoms with Gasteiger partial charge in [0, 0.05) is 36.7 Å². The second-order valence-electron chi connectivity index (χ2n) is 9.88. The number of benzene rings is 2. The van der Waals surface area contributed by atoms with Crippen molar-refractivity contribution in [1.29, 1.82) is 0 Å². The summed E-state index contributed by atoms with van der Waals surface area (Å²) in [4.78, 5) is 12.8. The molecule has 8 heteroatoms. The van der Waals surface area contributed by atoms with Crippen molar-refractivity contribution >= 4 is 25.3 Å². The van der Waals surface area contributed by atoms with Crippen LogP contribution in [0.4, 0.5) is 9.18 Å². The lowest BCUT2D eigenvalue weighted by Gasteiger charge is -2.31. The van der Waals surface area contributed by atoms with Gasteiger partial charge in [0.2, 0.25) is 0 Å². The topological polar surface area (TPSA) is 67.6 Å². The maximum atomic E-state index is 14.3. The normalized spacial score (nSPS) is 16.8. The summed E-state index contributed by atoms with van der Waals surface area (Å²) in [5.41, 5.74) is 3.45. The molecule has 0 spiro atoms. The van der Waals surface area contributed by atoms with Crippen molar-refractivity contribution in [3.05, 3.63) is 59.5 Å². The Hall–Kier alpha value is -2.71. The standard InChI is InChI=1S/C26H34FN3O3Si/c1-4-5-13-34(2,3)33-18-21-14-22(27)15-25-24(21)17-30(28-25)23-10-8-19(9-11-23)20-7-6-12-29(16-20)26(31)32/h8-11,14-15,17,20H,4-7,12-13,16,18H2,1-3H3,(H,31,32). The van der Waals surface area contributed by atoms with Crippen molar-refractivity contribution in [3.8, 4) is 5.69 Å². The summed E-state index contributed by atoms with van der Waals surface area (Å²) in [6, 6.07) is 12.2. The van der Waals surface area contributed by atoms with Gasteiger partial charge in [0.05, 0.1) is 17.8 Å². The van der Waals surface area contributed by atoms with Gasteiger partial charge >= 0.3 is 6.09 Å². The molecule has 0 bridgehead atoms. The van der Waals surface area contributed by atoms with Gasteiger partial charge in [0.1, 0.15) is 5.82 Å². The summed E-state index contributed by atoms with van der Waals surface area (Å²) in [5.74, 6) is -0.103. The van der Waals surface area contributed by atoms with Crippen molar-refractivity contribution in [1.82, 2.24) is 14.7 Å². The Labute approximate surface area is 201 Å². The van der Waals surface area contributed by atoms with Gasteiger partial charge in [-0.15, -0.1) is 0 Å². The number of carboxylic acid groups (broad SMARTS) is 1. The first-order valence-corrected chi connectivity index (χ1v) is 15.3. The van der Waals surface area contributed by atoms with E-state index in [1.165, 1.54) is 11.0 Å². The predicted molar refractivity (Wildman–Crippen MR) is 135 cm³/mol. The number of fused-ring (bicyclic) bond motifs is 1. The molecule has 1 aliphatic rings. The Kier molecular flexibility index (Phi) is 7.38. The van der Waals surface area contributed by atoms with E-state index in [9.17, 15) is 14.3 Å². The van der Waals surface area contributed by atoms with Crippen LogP contribution in [0, 0.1) is 5.82 Å². The van der Waals surface area contributed by atoms with E-state index in [-0.39, 0.29) is 11.7 Å². The first-order valence-electron chi connectivity index (χ1n) is 12.2. The molecule has 2 heterocycles. The van der Waals surface area contributed by atoms with Gasteiger partial charge in [0.25, 0.3) is 0 Å². The maximum absolute atomic E-state index is 14.3. The predicted octanol–water partition coefficient (Wildman–Crippen LogP) is 6.54. The Morgan fingerprint density at radius 2 is 2.03 bits per heavy atom. The van der Waals surface area contributed by atoms with E-state index in [2.05, 4.69) is 25.1 Å². The minimum atomic E-state index is -1.79. The third-order valence-corrected chi connectivity index (χ3v) is 9.23. The highest BCUT2D eigenvalue weighted by Gasteiger charge is 2.25. The van der Waals surface area contributed by atoms with Crippen molar-refractivity contribution < 1.29 is 18.7 Å². The lowest BCUT2D eigenvalue weighted by Crippen LogP contribution is -2.38. The molecule has 4 rings (SSSR count). The van der Waals surface area contributed by atoms with Crippen LogP contribution in [-0.2, 0) is 11.0 Å². The molecule has 1 fully saturated rings. The van der Waals surface area contributed by atoms with Crippen LogP contribution in [0.3, 0.4) is 0 Å². The molecule has 1 N–H and O–H groups in total. The van der Waals surface area contributed by atoms with Gasteiger partial charge in [-0.25, -0.2) is 13.9 Å². The fraction of sp³-hybridized carbons (Fsp3) is 0.462. The van der Waals surface area contributed by atoms with Gasteiger partial charge in [-0.2, -0.15) is 5.10 Å². The number of hydrogen-bond donors (Lipinski definition) is 1. The molecule has 2 aromatic carbocycles. The fourth-order valence-electron chi connectivity index (χ4n) is 4.68. The molecular weight excluding hydrogens is 449 g/mol. The zero-order valence-corrected chi connectivity index (χ0v) is 21.3. The molecule has 182 valence electrons. The van der Waals surface area contributed by atoms with E-state index in [0.29, 0.717) is 25.2 Å². The maximum Gasteiger partial charge on any atom is 0.407 e. The minimum absolute atomic E-state index is 0.202. The Morgan fingerprint density at radius 1 is 1.26 bits per heavy atom. The zero-order chi connectivity index (χ0) is 24.3. The summed E-state index contributed by atoms with van der Waals surface area (Å²) in [6.07, 6.45) is 5.24. The van der Waals surface area contributed by atoms with Crippen LogP contribution in [0.15, 0.2) is 42.6 Å². The lowest BCUT2D eigenvalue weighted by atomic mass is 9.91. The van der Waals surface area contributed by atoms with Crippen molar-refractivity contribution in [2.75, 3.05) is 13.1 Å². The molecule has 1 atom stereocenters. The van der Waals surface area contributed by atoms with Gasteiger partial charge in [0.15, 0.2) is 8.32 Å². The van der Waals surface area contributed by atoms with Crippen LogP contribution < -0.4 is 0 Å². The molecule has 0 aliphatic carbocycles. The second-order valence-corrected chi connectivity index (χ2v) is 14.2. The quantitative estimate of drug-likeness (QED) is 0.369. The number of nitrogens with zero attached hydrogens (tertiary/aromatic N) is 3. The Balaban J connectivity index is 1.53. The highest BCUT2D eigenvalue weighted by Crippen LogP contribution is 2.29. The SMILES string of the molecule is CCCC[Si](C)(C)OCc1cc(F)cc2nn(-c3ccc(C4CCCN(C(=O)O)C4)cc3)cc12. The lowest BCUT2D eigenvalue weighted by molar-refractivity contribution is 0.130. The number of likely N-dealkylation sites (tertiary alicyclic amines) is 1. The average molecular weight is 484 g/mol. The highest BCUT2D eigenvalue weighted by atomic mass is 28.4. The molecule has 1 aliphatic heterocycles. The molecule has 1 saturated heterocycles. The number of aromatic nitrogens is 2. The molecule has 0 saturated carbocycles. The largest absolute Gasteiger partial charge is 0.465 e. The van der Waals surface area contributed by atoms with Gasteiger partial charge < -0.3 is 14.4 Å². The third-order valence-electron chi connectivity index (χ3n) is 6.75. The number of unbranched alkanes of at least 4 members (excludes halogenated alkanes) is 1. The van der Waals surface area contributed by atoms with Crippen LogP contribution in [0.2, 0.25) is 19.1 Å². The summed E-state index contributed by atoms with van der Waals surface area (Å²) in [5, 5.41) is 14.8. The summed E-state index contributed by atoms with van der Waals surface area (Å²) in [6.45, 7) is 8.13. The van der Waals surface area contributed by atoms with Crippen LogP contribution in [-0.4, -0.2) is 47.3 Å². The van der Waals surface area contributed by atoms with Crippen molar-refractivity contribution in [3.63, 3.8) is 0 Å². The Bertz CT molecular complexity index is 1150. The van der Waals surface area contributed by atoms with E-state index < -0.39 is 14.4 Å². The van der Waals surface area contributed by atoms with Crippen molar-refractivity contribution in [2.24, 2.45) is 0 Å². The molecule has 1 aromatic heterocycles. The molecular formula is C26H34FN3O3Si. The van der Waals surface area contributed by atoms with E-state index in [1.807, 2.05) is 30.5 Å². The van der Waals surface area contributed by atoms with E-state index >= 15 is 0 Å². The van der Waals surface area contributed by atoms with Crippen LogP contribution >= 0.6 is 0 Å². The van der Waals surface area contributed by atoms with Crippen molar-refractivity contribution in [2.45, 2.75) is 64.3 Å². The van der Waals surface area contributed by atoms with Gasteiger partial charge in [-0.05, 0) is 61.3 Å². The fourth-order valence-corrected chi connectivity index (χ4v) is 6.57. The minimum Gasteiger partial charge on any atom is -0.465 e. The first kappa shape index (κ1) is 24.4. The Morgan fingerprint density at radius 3 is 2.74 bits per heavy atom. The van der Waals surface area contributed by atoms with Gasteiger partial charge in [-0.1, -0.05) is 31.9 Å². The third kappa shape index (κ3) is 5.67. The van der Waals surface area contributed by atoms with Gasteiger partial charge in [-0.3, -0.25) is 0 Å². The monoisotopic (exact) mass is 483 g/mol. The molecule has 34 heavy (non-hydrogen) atoms. The number of piperidine rings is 1. The number of rotatable bonds is 8. The summed E-state index contributed by atoms with van der Waals surface area (Å²) < 4.78 is 22.4. The number of hydrogen-bond acceptors (Lipinski definition) is 3. The number of amides is 1. The first-order chi connectivity index (χ1) is 16.3. The highest BCUT2D eigenvalue weighted by molar-refractivity contribution is 6.71. The smallest absolute Gasteiger partial charge is 0.407 e. The van der Waals surface area contributed by atoms with E-state index in [1.54, 1.807) is 10.7 Å². The van der Waals surface area contributed by atoms with E-state index in [4.69, 9.17) is 4.43 Å². The number of halogens is 1. The van der Waals surface area contributed by atoms with Crippen LogP contribution in [0.25, 0.3) is 16.6 Å². The van der Waals surface area contributed by atoms with Crippen LogP contribution in [0.5, 0.6) is 0 Å². The van der Waals surface area contributed by atoms with Crippen LogP contribution in [0.1, 0.15) is 49.7 Å². The molecule has 1 amide bonds. The average Bonchev–Trinajstić information content (AvgIpc) is 3.25. The summed E-state index contributed by atoms with van der Waals surface area (Å²) >= 11 is 0. The second kappa shape index (κ2) is 10.3. The summed E-state index contributed by atoms with van der Waals surface area (Å²) in [7, 11) is -1.79.